The molecular formula is C20H26ClN5OS. The first kappa shape index (κ1) is 19.7. The van der Waals surface area contributed by atoms with Crippen molar-refractivity contribution in [3.05, 3.63) is 51.2 Å². The van der Waals surface area contributed by atoms with Gasteiger partial charge in [-0.1, -0.05) is 18.0 Å². The molecule has 0 aromatic carbocycles. The van der Waals surface area contributed by atoms with Crippen LogP contribution in [0.3, 0.4) is 0 Å². The van der Waals surface area contributed by atoms with Gasteiger partial charge >= 0.3 is 0 Å². The fourth-order valence-corrected chi connectivity index (χ4v) is 5.11. The molecule has 1 atom stereocenters. The molecule has 0 aliphatic carbocycles. The minimum atomic E-state index is 0.0245. The minimum Gasteiger partial charge on any atom is -0.382 e. The van der Waals surface area contributed by atoms with E-state index in [1.54, 1.807) is 23.1 Å². The summed E-state index contributed by atoms with van der Waals surface area (Å²) in [6, 6.07) is 4.13. The lowest BCUT2D eigenvalue weighted by molar-refractivity contribution is 0.148. The molecule has 1 N–H and O–H groups in total. The van der Waals surface area contributed by atoms with Gasteiger partial charge in [-0.2, -0.15) is 16.9 Å². The van der Waals surface area contributed by atoms with E-state index in [0.717, 1.165) is 60.9 Å². The number of hydrogen-bond donors (Lipinski definition) is 1. The van der Waals surface area contributed by atoms with Crippen molar-refractivity contribution in [2.24, 2.45) is 0 Å². The zero-order chi connectivity index (χ0) is 19.3. The molecule has 6 nitrogen and oxygen atoms in total. The summed E-state index contributed by atoms with van der Waals surface area (Å²) in [5.41, 5.74) is 3.17. The molecule has 2 aliphatic rings. The second-order valence-corrected chi connectivity index (χ2v) is 8.91. The molecular weight excluding hydrogens is 394 g/mol. The van der Waals surface area contributed by atoms with Crippen molar-refractivity contribution in [2.45, 2.75) is 44.0 Å². The predicted molar refractivity (Wildman–Crippen MR) is 115 cm³/mol. The molecule has 8 heteroatoms. The summed E-state index contributed by atoms with van der Waals surface area (Å²) in [6.45, 7) is 3.39. The number of pyridine rings is 1. The maximum atomic E-state index is 12.4. The Labute approximate surface area is 174 Å². The van der Waals surface area contributed by atoms with E-state index in [1.807, 2.05) is 17.8 Å². The second-order valence-electron chi connectivity index (χ2n) is 7.40. The van der Waals surface area contributed by atoms with Crippen LogP contribution in [0.15, 0.2) is 29.3 Å². The van der Waals surface area contributed by atoms with Crippen LogP contribution in [0.4, 0.5) is 5.69 Å². The van der Waals surface area contributed by atoms with Crippen LogP contribution in [0.5, 0.6) is 0 Å². The lowest BCUT2D eigenvalue weighted by Gasteiger charge is -2.36. The van der Waals surface area contributed by atoms with E-state index in [4.69, 9.17) is 11.6 Å². The monoisotopic (exact) mass is 419 g/mol. The number of rotatable bonds is 6. The third-order valence-electron chi connectivity index (χ3n) is 5.55. The number of likely N-dealkylation sites (tertiary alicyclic amines) is 1. The molecule has 0 radical (unpaired) electrons. The van der Waals surface area contributed by atoms with E-state index in [1.165, 1.54) is 12.8 Å². The summed E-state index contributed by atoms with van der Waals surface area (Å²) < 4.78 is 1.66. The second kappa shape index (κ2) is 9.29. The maximum Gasteiger partial charge on any atom is 0.267 e. The highest BCUT2D eigenvalue weighted by Crippen LogP contribution is 2.23. The smallest absolute Gasteiger partial charge is 0.267 e. The summed E-state index contributed by atoms with van der Waals surface area (Å²) in [5, 5.41) is 8.76. The van der Waals surface area contributed by atoms with Gasteiger partial charge in [-0.25, -0.2) is 4.68 Å². The van der Waals surface area contributed by atoms with Gasteiger partial charge in [0, 0.05) is 49.8 Å². The largest absolute Gasteiger partial charge is 0.382 e. The SMILES string of the molecule is O=c1cc2c(nn1CCN1CCCCC1CNc1ccncc1Cl)CCSC2. The quantitative estimate of drug-likeness (QED) is 0.776. The first-order valence-electron chi connectivity index (χ1n) is 9.96. The zero-order valence-corrected chi connectivity index (χ0v) is 17.5. The van der Waals surface area contributed by atoms with Crippen LogP contribution < -0.4 is 10.9 Å². The van der Waals surface area contributed by atoms with Crippen LogP contribution in [0, 0.1) is 0 Å². The molecule has 2 aromatic heterocycles. The number of thioether (sulfide) groups is 1. The van der Waals surface area contributed by atoms with Gasteiger partial charge in [-0.3, -0.25) is 14.7 Å². The topological polar surface area (TPSA) is 63.1 Å². The van der Waals surface area contributed by atoms with Gasteiger partial charge in [-0.15, -0.1) is 0 Å². The fourth-order valence-electron chi connectivity index (χ4n) is 3.97. The van der Waals surface area contributed by atoms with Crippen LogP contribution in [0.2, 0.25) is 5.02 Å². The van der Waals surface area contributed by atoms with Crippen molar-refractivity contribution in [1.29, 1.82) is 0 Å². The Hall–Kier alpha value is -1.57. The molecule has 28 heavy (non-hydrogen) atoms. The molecule has 1 saturated heterocycles. The zero-order valence-electron chi connectivity index (χ0n) is 15.9. The predicted octanol–water partition coefficient (Wildman–Crippen LogP) is 3.05. The number of piperidine rings is 1. The summed E-state index contributed by atoms with van der Waals surface area (Å²) in [4.78, 5) is 18.9. The third kappa shape index (κ3) is 4.70. The highest BCUT2D eigenvalue weighted by Gasteiger charge is 2.23. The number of halogens is 1. The number of nitrogens with zero attached hydrogens (tertiary/aromatic N) is 4. The van der Waals surface area contributed by atoms with E-state index in [2.05, 4.69) is 20.3 Å². The Morgan fingerprint density at radius 2 is 2.25 bits per heavy atom. The Morgan fingerprint density at radius 3 is 3.14 bits per heavy atom. The number of nitrogens with one attached hydrogen (secondary N) is 1. The van der Waals surface area contributed by atoms with Gasteiger partial charge in [0.05, 0.1) is 22.9 Å². The molecule has 0 spiro atoms. The molecule has 4 rings (SSSR count). The molecule has 0 amide bonds. The van der Waals surface area contributed by atoms with E-state index < -0.39 is 0 Å². The highest BCUT2D eigenvalue weighted by molar-refractivity contribution is 7.98. The fraction of sp³-hybridized carbons (Fsp3) is 0.550. The van der Waals surface area contributed by atoms with Crippen LogP contribution >= 0.6 is 23.4 Å². The standard InChI is InChI=1S/C20H26ClN5OS/c21-17-13-22-6-4-19(17)23-12-16-3-1-2-7-25(16)8-9-26-20(27)11-15-14-28-10-5-18(15)24-26/h4,6,11,13,16H,1-3,5,7-10,12,14H2,(H,22,23). The van der Waals surface area contributed by atoms with E-state index >= 15 is 0 Å². The van der Waals surface area contributed by atoms with Crippen molar-refractivity contribution >= 4 is 29.1 Å². The van der Waals surface area contributed by atoms with Gasteiger partial charge in [0.15, 0.2) is 0 Å². The number of anilines is 1. The van der Waals surface area contributed by atoms with Crippen molar-refractivity contribution in [2.75, 3.05) is 30.7 Å². The van der Waals surface area contributed by atoms with E-state index in [9.17, 15) is 4.79 Å². The van der Waals surface area contributed by atoms with Crippen molar-refractivity contribution in [1.82, 2.24) is 19.7 Å². The van der Waals surface area contributed by atoms with Gasteiger partial charge in [0.1, 0.15) is 0 Å². The number of hydrogen-bond acceptors (Lipinski definition) is 6. The van der Waals surface area contributed by atoms with E-state index in [0.29, 0.717) is 17.6 Å². The van der Waals surface area contributed by atoms with Crippen LogP contribution in [0.25, 0.3) is 0 Å². The van der Waals surface area contributed by atoms with Crippen LogP contribution in [0.1, 0.15) is 30.5 Å². The van der Waals surface area contributed by atoms with Crippen LogP contribution in [-0.2, 0) is 18.7 Å². The third-order valence-corrected chi connectivity index (χ3v) is 6.86. The number of aryl methyl sites for hydroxylation is 1. The number of fused-ring (bicyclic) bond motifs is 1. The van der Waals surface area contributed by atoms with Gasteiger partial charge in [-0.05, 0) is 36.8 Å². The highest BCUT2D eigenvalue weighted by atomic mass is 35.5. The van der Waals surface area contributed by atoms with Gasteiger partial charge < -0.3 is 5.32 Å². The molecule has 150 valence electrons. The molecule has 2 aromatic rings. The summed E-state index contributed by atoms with van der Waals surface area (Å²) >= 11 is 8.08. The first-order valence-corrected chi connectivity index (χ1v) is 11.5. The maximum absolute atomic E-state index is 12.4. The summed E-state index contributed by atoms with van der Waals surface area (Å²) in [6.07, 6.45) is 7.97. The van der Waals surface area contributed by atoms with Crippen molar-refractivity contribution in [3.8, 4) is 0 Å². The molecule has 4 heterocycles. The summed E-state index contributed by atoms with van der Waals surface area (Å²) in [5.74, 6) is 2.01. The Bertz CT molecular complexity index is 874. The Kier molecular flexibility index (Phi) is 6.54. The van der Waals surface area contributed by atoms with Crippen LogP contribution in [-0.4, -0.2) is 51.1 Å². The Balaban J connectivity index is 1.38. The minimum absolute atomic E-state index is 0.0245. The normalized spacial score (nSPS) is 20.0. The van der Waals surface area contributed by atoms with Crippen molar-refractivity contribution < 1.29 is 0 Å². The Morgan fingerprint density at radius 1 is 1.32 bits per heavy atom. The molecule has 0 saturated carbocycles. The van der Waals surface area contributed by atoms with Gasteiger partial charge in [0.2, 0.25) is 0 Å². The lowest BCUT2D eigenvalue weighted by atomic mass is 10.0. The average molecular weight is 420 g/mol. The molecule has 2 aliphatic heterocycles. The van der Waals surface area contributed by atoms with Crippen molar-refractivity contribution in [3.63, 3.8) is 0 Å². The molecule has 1 fully saturated rings. The first-order chi connectivity index (χ1) is 13.7. The van der Waals surface area contributed by atoms with Gasteiger partial charge in [0.25, 0.3) is 5.56 Å². The number of aromatic nitrogens is 3. The molecule has 1 unspecified atom stereocenters. The molecule has 0 bridgehead atoms. The lowest BCUT2D eigenvalue weighted by Crippen LogP contribution is -2.45. The van der Waals surface area contributed by atoms with E-state index in [-0.39, 0.29) is 5.56 Å². The summed E-state index contributed by atoms with van der Waals surface area (Å²) in [7, 11) is 0. The average Bonchev–Trinajstić information content (AvgIpc) is 2.72.